The minimum atomic E-state index is -1.03. The SMILES string of the molecule is [CH2]C(CC)(OC)C(N)=O. The van der Waals surface area contributed by atoms with E-state index < -0.39 is 11.5 Å². The standard InChI is InChI=1S/C6H12NO2/c1-4-6(2,9-3)5(7)8/h2,4H2,1,3H3,(H2,7,8). The molecule has 3 nitrogen and oxygen atoms in total. The summed E-state index contributed by atoms with van der Waals surface area (Å²) in [5.41, 5.74) is 3.94. The van der Waals surface area contributed by atoms with Crippen molar-refractivity contribution in [3.8, 4) is 0 Å². The van der Waals surface area contributed by atoms with E-state index in [0.29, 0.717) is 6.42 Å². The van der Waals surface area contributed by atoms with Crippen LogP contribution in [0.3, 0.4) is 0 Å². The van der Waals surface area contributed by atoms with Gasteiger partial charge in [0.25, 0.3) is 0 Å². The van der Waals surface area contributed by atoms with Crippen molar-refractivity contribution in [3.63, 3.8) is 0 Å². The van der Waals surface area contributed by atoms with Gasteiger partial charge in [-0.15, -0.1) is 0 Å². The quantitative estimate of drug-likeness (QED) is 0.589. The molecular formula is C6H12NO2. The number of rotatable bonds is 3. The zero-order chi connectivity index (χ0) is 7.49. The van der Waals surface area contributed by atoms with E-state index in [-0.39, 0.29) is 0 Å². The third-order valence-electron chi connectivity index (χ3n) is 1.41. The molecule has 0 aromatic rings. The fourth-order valence-electron chi connectivity index (χ4n) is 0.419. The summed E-state index contributed by atoms with van der Waals surface area (Å²) in [5.74, 6) is -0.521. The molecule has 0 aliphatic carbocycles. The molecule has 1 radical (unpaired) electrons. The molecular weight excluding hydrogens is 118 g/mol. The zero-order valence-electron chi connectivity index (χ0n) is 5.81. The molecule has 0 saturated carbocycles. The number of carbonyl (C=O) groups is 1. The van der Waals surface area contributed by atoms with E-state index in [0.717, 1.165) is 0 Å². The molecule has 0 rings (SSSR count). The van der Waals surface area contributed by atoms with Crippen molar-refractivity contribution in [1.29, 1.82) is 0 Å². The Labute approximate surface area is 55.2 Å². The largest absolute Gasteiger partial charge is 0.368 e. The highest BCUT2D eigenvalue weighted by molar-refractivity contribution is 5.84. The first-order chi connectivity index (χ1) is 4.06. The fourth-order valence-corrected chi connectivity index (χ4v) is 0.419. The molecule has 2 N–H and O–H groups in total. The molecule has 1 unspecified atom stereocenters. The van der Waals surface area contributed by atoms with E-state index in [4.69, 9.17) is 10.5 Å². The Hall–Kier alpha value is -0.570. The number of methoxy groups -OCH3 is 1. The molecule has 0 aromatic carbocycles. The van der Waals surface area contributed by atoms with Gasteiger partial charge in [0.1, 0.15) is 5.60 Å². The lowest BCUT2D eigenvalue weighted by Crippen LogP contribution is -2.42. The van der Waals surface area contributed by atoms with Crippen molar-refractivity contribution in [2.45, 2.75) is 18.9 Å². The lowest BCUT2D eigenvalue weighted by molar-refractivity contribution is -0.135. The Morgan fingerprint density at radius 2 is 2.33 bits per heavy atom. The van der Waals surface area contributed by atoms with Crippen LogP contribution >= 0.6 is 0 Å². The number of primary amides is 1. The first-order valence-electron chi connectivity index (χ1n) is 2.77. The molecule has 0 saturated heterocycles. The molecule has 1 atom stereocenters. The van der Waals surface area contributed by atoms with E-state index in [1.165, 1.54) is 7.11 Å². The maximum Gasteiger partial charge on any atom is 0.249 e. The molecule has 9 heavy (non-hydrogen) atoms. The molecule has 0 aliphatic rings. The minimum absolute atomic E-state index is 0.499. The molecule has 1 amide bonds. The fraction of sp³-hybridized carbons (Fsp3) is 0.667. The maximum atomic E-state index is 10.5. The van der Waals surface area contributed by atoms with Gasteiger partial charge in [0.05, 0.1) is 0 Å². The summed E-state index contributed by atoms with van der Waals surface area (Å²) in [6, 6.07) is 0. The van der Waals surface area contributed by atoms with Crippen molar-refractivity contribution in [2.24, 2.45) is 5.73 Å². The third-order valence-corrected chi connectivity index (χ3v) is 1.41. The lowest BCUT2D eigenvalue weighted by atomic mass is 10.0. The summed E-state index contributed by atoms with van der Waals surface area (Å²) in [6.07, 6.45) is 0.499. The lowest BCUT2D eigenvalue weighted by Gasteiger charge is -2.21. The zero-order valence-corrected chi connectivity index (χ0v) is 5.81. The van der Waals surface area contributed by atoms with Gasteiger partial charge in [-0.2, -0.15) is 0 Å². The topological polar surface area (TPSA) is 52.3 Å². The van der Waals surface area contributed by atoms with Crippen molar-refractivity contribution in [1.82, 2.24) is 0 Å². The van der Waals surface area contributed by atoms with Gasteiger partial charge in [0.2, 0.25) is 5.91 Å². The van der Waals surface area contributed by atoms with E-state index in [1.54, 1.807) is 6.92 Å². The summed E-state index contributed by atoms with van der Waals surface area (Å²) in [4.78, 5) is 10.5. The van der Waals surface area contributed by atoms with Crippen molar-refractivity contribution in [2.75, 3.05) is 7.11 Å². The Morgan fingerprint density at radius 1 is 1.89 bits per heavy atom. The van der Waals surface area contributed by atoms with Crippen LogP contribution in [-0.4, -0.2) is 18.6 Å². The smallest absolute Gasteiger partial charge is 0.249 e. The molecule has 0 fully saturated rings. The Bertz CT molecular complexity index is 108. The van der Waals surface area contributed by atoms with Crippen LogP contribution in [0.4, 0.5) is 0 Å². The van der Waals surface area contributed by atoms with Crippen LogP contribution in [-0.2, 0) is 9.53 Å². The number of nitrogens with two attached hydrogens (primary N) is 1. The predicted octanol–water partition coefficient (Wildman–Crippen LogP) is 0.101. The molecule has 0 aliphatic heterocycles. The highest BCUT2D eigenvalue weighted by Gasteiger charge is 2.27. The second-order valence-corrected chi connectivity index (χ2v) is 1.92. The molecule has 0 bridgehead atoms. The van der Waals surface area contributed by atoms with Crippen molar-refractivity contribution < 1.29 is 9.53 Å². The Balaban J connectivity index is 4.09. The van der Waals surface area contributed by atoms with Crippen LogP contribution in [0.25, 0.3) is 0 Å². The summed E-state index contributed by atoms with van der Waals surface area (Å²) in [5, 5.41) is 0. The first-order valence-corrected chi connectivity index (χ1v) is 2.77. The second kappa shape index (κ2) is 2.82. The van der Waals surface area contributed by atoms with Crippen LogP contribution in [0, 0.1) is 6.92 Å². The molecule has 0 heterocycles. The number of amides is 1. The highest BCUT2D eigenvalue weighted by atomic mass is 16.5. The maximum absolute atomic E-state index is 10.5. The minimum Gasteiger partial charge on any atom is -0.368 e. The van der Waals surface area contributed by atoms with Crippen molar-refractivity contribution >= 4 is 5.91 Å². The van der Waals surface area contributed by atoms with Crippen LogP contribution in [0.5, 0.6) is 0 Å². The summed E-state index contributed by atoms with van der Waals surface area (Å²) in [7, 11) is 1.42. The summed E-state index contributed by atoms with van der Waals surface area (Å²) >= 11 is 0. The molecule has 53 valence electrons. The van der Waals surface area contributed by atoms with E-state index >= 15 is 0 Å². The average Bonchev–Trinajstić information content (AvgIpc) is 1.86. The van der Waals surface area contributed by atoms with Gasteiger partial charge in [-0.1, -0.05) is 6.92 Å². The molecule has 0 spiro atoms. The van der Waals surface area contributed by atoms with Gasteiger partial charge >= 0.3 is 0 Å². The van der Waals surface area contributed by atoms with Gasteiger partial charge < -0.3 is 10.5 Å². The monoisotopic (exact) mass is 130 g/mol. The normalized spacial score (nSPS) is 16.8. The number of ether oxygens (including phenoxy) is 1. The average molecular weight is 130 g/mol. The molecule has 0 aromatic heterocycles. The van der Waals surface area contributed by atoms with Gasteiger partial charge in [-0.25, -0.2) is 0 Å². The Kier molecular flexibility index (Phi) is 2.65. The van der Waals surface area contributed by atoms with E-state index in [1.807, 2.05) is 0 Å². The summed E-state index contributed by atoms with van der Waals surface area (Å²) < 4.78 is 4.76. The van der Waals surface area contributed by atoms with Crippen molar-refractivity contribution in [3.05, 3.63) is 6.92 Å². The summed E-state index contributed by atoms with van der Waals surface area (Å²) in [6.45, 7) is 5.30. The van der Waals surface area contributed by atoms with Crippen LogP contribution in [0.15, 0.2) is 0 Å². The highest BCUT2D eigenvalue weighted by Crippen LogP contribution is 2.11. The van der Waals surface area contributed by atoms with E-state index in [2.05, 4.69) is 6.92 Å². The van der Waals surface area contributed by atoms with Gasteiger partial charge in [0, 0.05) is 7.11 Å². The van der Waals surface area contributed by atoms with Crippen LogP contribution in [0.2, 0.25) is 0 Å². The van der Waals surface area contributed by atoms with Crippen LogP contribution in [0.1, 0.15) is 13.3 Å². The third kappa shape index (κ3) is 1.68. The van der Waals surface area contributed by atoms with Gasteiger partial charge in [-0.05, 0) is 13.3 Å². The number of hydrogen-bond acceptors (Lipinski definition) is 2. The molecule has 3 heteroatoms. The first kappa shape index (κ1) is 8.43. The number of hydrogen-bond donors (Lipinski definition) is 1. The van der Waals surface area contributed by atoms with Gasteiger partial charge in [0.15, 0.2) is 0 Å². The predicted molar refractivity (Wildman–Crippen MR) is 34.6 cm³/mol. The van der Waals surface area contributed by atoms with E-state index in [9.17, 15) is 4.79 Å². The Morgan fingerprint density at radius 3 is 2.33 bits per heavy atom. The van der Waals surface area contributed by atoms with Crippen LogP contribution < -0.4 is 5.73 Å². The number of carbonyl (C=O) groups excluding carboxylic acids is 1. The second-order valence-electron chi connectivity index (χ2n) is 1.92. The van der Waals surface area contributed by atoms with Gasteiger partial charge in [-0.3, -0.25) is 4.79 Å².